The van der Waals surface area contributed by atoms with Gasteiger partial charge in [0.2, 0.25) is 0 Å². The van der Waals surface area contributed by atoms with Gasteiger partial charge in [-0.3, -0.25) is 14.8 Å². The average Bonchev–Trinajstić information content (AvgIpc) is 3.20. The molecule has 150 valence electrons. The Hall–Kier alpha value is -2.34. The van der Waals surface area contributed by atoms with E-state index in [1.54, 1.807) is 12.3 Å². The van der Waals surface area contributed by atoms with Crippen LogP contribution in [0.25, 0.3) is 0 Å². The molecule has 2 aliphatic rings. The summed E-state index contributed by atoms with van der Waals surface area (Å²) < 4.78 is 0. The number of H-pyrrole nitrogens is 1. The van der Waals surface area contributed by atoms with Crippen molar-refractivity contribution in [1.29, 1.82) is 0 Å². The summed E-state index contributed by atoms with van der Waals surface area (Å²) >= 11 is 0. The van der Waals surface area contributed by atoms with Crippen LogP contribution in [0.5, 0.6) is 5.75 Å². The Morgan fingerprint density at radius 2 is 1.96 bits per heavy atom. The number of aromatic hydroxyl groups is 1. The molecule has 28 heavy (non-hydrogen) atoms. The molecule has 1 amide bonds. The number of phenols is 1. The van der Waals surface area contributed by atoms with Gasteiger partial charge in [-0.15, -0.1) is 0 Å². The molecule has 0 radical (unpaired) electrons. The minimum atomic E-state index is 0.0146. The van der Waals surface area contributed by atoms with Gasteiger partial charge in [0.05, 0.1) is 17.5 Å². The SMILES string of the molecule is O=C(NC1CCN(Cc2cccc(O)c2)CC1)c1cn[nH]c1C1CCCCC1. The molecular formula is C22H30N4O2. The third kappa shape index (κ3) is 4.55. The number of nitrogens with one attached hydrogen (secondary N) is 2. The number of phenolic OH excluding ortho intramolecular Hbond substituents is 1. The van der Waals surface area contributed by atoms with Crippen LogP contribution in [0.2, 0.25) is 0 Å². The molecule has 6 heteroatoms. The van der Waals surface area contributed by atoms with Crippen LogP contribution in [0, 0.1) is 0 Å². The molecule has 1 aliphatic carbocycles. The third-order valence-electron chi connectivity index (χ3n) is 6.17. The first-order valence-electron chi connectivity index (χ1n) is 10.5. The summed E-state index contributed by atoms with van der Waals surface area (Å²) in [5.74, 6) is 0.774. The van der Waals surface area contributed by atoms with E-state index in [0.29, 0.717) is 11.7 Å². The highest BCUT2D eigenvalue weighted by Gasteiger charge is 2.26. The van der Waals surface area contributed by atoms with Crippen LogP contribution in [0.3, 0.4) is 0 Å². The fourth-order valence-electron chi connectivity index (χ4n) is 4.59. The van der Waals surface area contributed by atoms with Crippen molar-refractivity contribution in [2.75, 3.05) is 13.1 Å². The number of likely N-dealkylation sites (tertiary alicyclic amines) is 1. The quantitative estimate of drug-likeness (QED) is 0.739. The van der Waals surface area contributed by atoms with E-state index in [1.807, 2.05) is 18.2 Å². The van der Waals surface area contributed by atoms with Crippen LogP contribution in [0.1, 0.15) is 72.5 Å². The lowest BCUT2D eigenvalue weighted by molar-refractivity contribution is 0.0907. The van der Waals surface area contributed by atoms with Gasteiger partial charge < -0.3 is 10.4 Å². The molecule has 6 nitrogen and oxygen atoms in total. The highest BCUT2D eigenvalue weighted by molar-refractivity contribution is 5.95. The summed E-state index contributed by atoms with van der Waals surface area (Å²) in [5.41, 5.74) is 2.88. The fraction of sp³-hybridized carbons (Fsp3) is 0.545. The molecule has 1 aliphatic heterocycles. The zero-order valence-electron chi connectivity index (χ0n) is 16.4. The number of aromatic nitrogens is 2. The second-order valence-corrected chi connectivity index (χ2v) is 8.23. The van der Waals surface area contributed by atoms with E-state index in [0.717, 1.165) is 62.1 Å². The largest absolute Gasteiger partial charge is 0.508 e. The molecule has 2 aromatic rings. The van der Waals surface area contributed by atoms with Crippen LogP contribution < -0.4 is 5.32 Å². The van der Waals surface area contributed by atoms with E-state index in [2.05, 4.69) is 20.4 Å². The number of piperidine rings is 1. The molecule has 0 bridgehead atoms. The average molecular weight is 383 g/mol. The number of rotatable bonds is 5. The van der Waals surface area contributed by atoms with Crippen molar-refractivity contribution in [3.8, 4) is 5.75 Å². The van der Waals surface area contributed by atoms with E-state index in [4.69, 9.17) is 0 Å². The number of hydrogen-bond acceptors (Lipinski definition) is 4. The van der Waals surface area contributed by atoms with Crippen LogP contribution in [0.4, 0.5) is 0 Å². The van der Waals surface area contributed by atoms with Crippen molar-refractivity contribution in [3.63, 3.8) is 0 Å². The van der Waals surface area contributed by atoms with Crippen molar-refractivity contribution in [2.24, 2.45) is 0 Å². The van der Waals surface area contributed by atoms with Gasteiger partial charge in [-0.25, -0.2) is 0 Å². The molecular weight excluding hydrogens is 352 g/mol. The standard InChI is InChI=1S/C22H30N4O2/c27-19-8-4-5-16(13-19)15-26-11-9-18(10-12-26)24-22(28)20-14-23-25-21(20)17-6-2-1-3-7-17/h4-5,8,13-14,17-18,27H,1-3,6-7,9-12,15H2,(H,23,25)(H,24,28). The number of amides is 1. The Bertz CT molecular complexity index is 789. The fourth-order valence-corrected chi connectivity index (χ4v) is 4.59. The van der Waals surface area contributed by atoms with E-state index < -0.39 is 0 Å². The smallest absolute Gasteiger partial charge is 0.254 e. The summed E-state index contributed by atoms with van der Waals surface area (Å²) in [5, 5.41) is 20.1. The van der Waals surface area contributed by atoms with Crippen LogP contribution in [-0.4, -0.2) is 45.2 Å². The topological polar surface area (TPSA) is 81.2 Å². The predicted octanol–water partition coefficient (Wildman–Crippen LogP) is 3.56. The maximum atomic E-state index is 12.8. The summed E-state index contributed by atoms with van der Waals surface area (Å²) in [4.78, 5) is 15.2. The maximum absolute atomic E-state index is 12.8. The number of benzene rings is 1. The lowest BCUT2D eigenvalue weighted by Crippen LogP contribution is -2.44. The molecule has 1 aromatic carbocycles. The van der Waals surface area contributed by atoms with Gasteiger partial charge in [0.25, 0.3) is 5.91 Å². The predicted molar refractivity (Wildman–Crippen MR) is 108 cm³/mol. The minimum Gasteiger partial charge on any atom is -0.508 e. The lowest BCUT2D eigenvalue weighted by Gasteiger charge is -2.32. The lowest BCUT2D eigenvalue weighted by atomic mass is 9.85. The first-order valence-corrected chi connectivity index (χ1v) is 10.5. The van der Waals surface area contributed by atoms with Crippen molar-refractivity contribution in [1.82, 2.24) is 20.4 Å². The molecule has 1 saturated heterocycles. The van der Waals surface area contributed by atoms with E-state index in [1.165, 1.54) is 19.3 Å². The Kier molecular flexibility index (Phi) is 5.95. The van der Waals surface area contributed by atoms with Gasteiger partial charge in [-0.05, 0) is 43.4 Å². The third-order valence-corrected chi connectivity index (χ3v) is 6.17. The van der Waals surface area contributed by atoms with Crippen molar-refractivity contribution < 1.29 is 9.90 Å². The highest BCUT2D eigenvalue weighted by Crippen LogP contribution is 2.33. The van der Waals surface area contributed by atoms with Gasteiger partial charge in [0.15, 0.2) is 0 Å². The summed E-state index contributed by atoms with van der Waals surface area (Å²) in [7, 11) is 0. The molecule has 2 fully saturated rings. The van der Waals surface area contributed by atoms with Gasteiger partial charge in [-0.1, -0.05) is 31.4 Å². The summed E-state index contributed by atoms with van der Waals surface area (Å²) in [6.07, 6.45) is 9.66. The first kappa shape index (κ1) is 19.0. The normalized spacial score (nSPS) is 19.6. The van der Waals surface area contributed by atoms with Crippen molar-refractivity contribution >= 4 is 5.91 Å². The number of nitrogens with zero attached hydrogens (tertiary/aromatic N) is 2. The number of carbonyl (C=O) groups excluding carboxylic acids is 1. The van der Waals surface area contributed by atoms with Gasteiger partial charge >= 0.3 is 0 Å². The molecule has 3 N–H and O–H groups in total. The Morgan fingerprint density at radius 3 is 2.71 bits per heavy atom. The molecule has 0 atom stereocenters. The second kappa shape index (κ2) is 8.78. The molecule has 1 aromatic heterocycles. The van der Waals surface area contributed by atoms with Gasteiger partial charge in [-0.2, -0.15) is 5.10 Å². The second-order valence-electron chi connectivity index (χ2n) is 8.23. The summed E-state index contributed by atoms with van der Waals surface area (Å²) in [6, 6.07) is 7.65. The van der Waals surface area contributed by atoms with E-state index in [9.17, 15) is 9.90 Å². The molecule has 2 heterocycles. The zero-order chi connectivity index (χ0) is 19.3. The summed E-state index contributed by atoms with van der Waals surface area (Å²) in [6.45, 7) is 2.73. The van der Waals surface area contributed by atoms with Crippen LogP contribution in [0.15, 0.2) is 30.5 Å². The van der Waals surface area contributed by atoms with Gasteiger partial charge in [0, 0.05) is 31.6 Å². The zero-order valence-corrected chi connectivity index (χ0v) is 16.4. The number of aromatic amines is 1. The molecule has 0 unspecified atom stereocenters. The first-order chi connectivity index (χ1) is 13.7. The Morgan fingerprint density at radius 1 is 1.18 bits per heavy atom. The van der Waals surface area contributed by atoms with Crippen LogP contribution in [-0.2, 0) is 6.54 Å². The van der Waals surface area contributed by atoms with Crippen molar-refractivity contribution in [2.45, 2.75) is 63.5 Å². The molecule has 4 rings (SSSR count). The Labute approximate surface area is 166 Å². The minimum absolute atomic E-state index is 0.0146. The number of hydrogen-bond donors (Lipinski definition) is 3. The van der Waals surface area contributed by atoms with E-state index >= 15 is 0 Å². The number of carbonyl (C=O) groups is 1. The van der Waals surface area contributed by atoms with Gasteiger partial charge in [0.1, 0.15) is 5.75 Å². The van der Waals surface area contributed by atoms with E-state index in [-0.39, 0.29) is 11.9 Å². The van der Waals surface area contributed by atoms with Crippen molar-refractivity contribution in [3.05, 3.63) is 47.3 Å². The van der Waals surface area contributed by atoms with Crippen LogP contribution >= 0.6 is 0 Å². The molecule has 0 spiro atoms. The molecule has 1 saturated carbocycles. The highest BCUT2D eigenvalue weighted by atomic mass is 16.3. The maximum Gasteiger partial charge on any atom is 0.254 e. The monoisotopic (exact) mass is 382 g/mol. The Balaban J connectivity index is 1.29.